The van der Waals surface area contributed by atoms with Crippen LogP contribution in [-0.2, 0) is 0 Å². The Hall–Kier alpha value is -2.36. The SMILES string of the molecule is Nc1cc2c(cc1O)=c1ccc(N)c(O)c1=2. The highest BCUT2D eigenvalue weighted by Gasteiger charge is 2.10. The topological polar surface area (TPSA) is 92.5 Å². The molecular formula is C12H10N2O2. The molecule has 0 aromatic heterocycles. The molecule has 6 N–H and O–H groups in total. The molecule has 2 aromatic carbocycles. The Balaban J connectivity index is 2.61. The van der Waals surface area contributed by atoms with Gasteiger partial charge < -0.3 is 21.7 Å². The molecule has 0 spiro atoms. The average molecular weight is 214 g/mol. The van der Waals surface area contributed by atoms with Crippen molar-refractivity contribution >= 4 is 11.4 Å². The summed E-state index contributed by atoms with van der Waals surface area (Å²) in [5.74, 6) is 0.135. The van der Waals surface area contributed by atoms with Gasteiger partial charge in [0.2, 0.25) is 0 Å². The van der Waals surface area contributed by atoms with E-state index in [9.17, 15) is 10.2 Å². The Morgan fingerprint density at radius 2 is 1.56 bits per heavy atom. The number of phenolic OH excluding ortho intramolecular Hbond substituents is 2. The zero-order chi connectivity index (χ0) is 11.4. The van der Waals surface area contributed by atoms with Crippen LogP contribution >= 0.6 is 0 Å². The van der Waals surface area contributed by atoms with Crippen molar-refractivity contribution in [3.63, 3.8) is 0 Å². The Morgan fingerprint density at radius 3 is 2.31 bits per heavy atom. The Labute approximate surface area is 90.4 Å². The lowest BCUT2D eigenvalue weighted by atomic mass is 9.99. The van der Waals surface area contributed by atoms with E-state index >= 15 is 0 Å². The fourth-order valence-electron chi connectivity index (χ4n) is 2.08. The van der Waals surface area contributed by atoms with Gasteiger partial charge in [-0.3, -0.25) is 0 Å². The molecule has 0 saturated heterocycles. The molecule has 0 saturated carbocycles. The van der Waals surface area contributed by atoms with E-state index in [1.54, 1.807) is 18.2 Å². The number of nitrogen functional groups attached to an aromatic ring is 2. The van der Waals surface area contributed by atoms with Crippen molar-refractivity contribution in [1.82, 2.24) is 0 Å². The van der Waals surface area contributed by atoms with Crippen molar-refractivity contribution in [2.45, 2.75) is 0 Å². The summed E-state index contributed by atoms with van der Waals surface area (Å²) < 4.78 is 0. The first kappa shape index (κ1) is 8.91. The van der Waals surface area contributed by atoms with E-state index in [1.807, 2.05) is 6.07 Å². The summed E-state index contributed by atoms with van der Waals surface area (Å²) in [5, 5.41) is 22.6. The second kappa shape index (κ2) is 2.61. The van der Waals surface area contributed by atoms with E-state index in [4.69, 9.17) is 11.5 Å². The lowest BCUT2D eigenvalue weighted by Crippen LogP contribution is -1.97. The highest BCUT2D eigenvalue weighted by atomic mass is 16.3. The highest BCUT2D eigenvalue weighted by molar-refractivity contribution is 5.59. The molecule has 0 bridgehead atoms. The molecule has 0 heterocycles. The number of fused-ring (bicyclic) bond motifs is 2. The van der Waals surface area contributed by atoms with Crippen LogP contribution in [0.3, 0.4) is 0 Å². The Kier molecular flexibility index (Phi) is 1.45. The summed E-state index contributed by atoms with van der Waals surface area (Å²) in [5.41, 5.74) is 11.9. The van der Waals surface area contributed by atoms with Crippen LogP contribution in [0.15, 0.2) is 24.3 Å². The van der Waals surface area contributed by atoms with Crippen LogP contribution in [0, 0.1) is 20.9 Å². The quantitative estimate of drug-likeness (QED) is 0.333. The van der Waals surface area contributed by atoms with E-state index in [0.29, 0.717) is 16.6 Å². The summed E-state index contributed by atoms with van der Waals surface area (Å²) in [6.07, 6.45) is 0. The molecule has 16 heavy (non-hydrogen) atoms. The van der Waals surface area contributed by atoms with Gasteiger partial charge >= 0.3 is 0 Å². The van der Waals surface area contributed by atoms with Crippen LogP contribution in [-0.4, -0.2) is 10.2 Å². The van der Waals surface area contributed by atoms with Gasteiger partial charge in [-0.1, -0.05) is 6.07 Å². The smallest absolute Gasteiger partial charge is 0.146 e. The highest BCUT2D eigenvalue weighted by Crippen LogP contribution is 2.30. The maximum atomic E-state index is 9.82. The number of rotatable bonds is 0. The van der Waals surface area contributed by atoms with Crippen molar-refractivity contribution in [3.05, 3.63) is 45.1 Å². The van der Waals surface area contributed by atoms with Crippen molar-refractivity contribution in [3.8, 4) is 11.5 Å². The fraction of sp³-hybridized carbons (Fsp3) is 0. The predicted molar refractivity (Wildman–Crippen MR) is 60.4 cm³/mol. The van der Waals surface area contributed by atoms with E-state index in [0.717, 1.165) is 15.7 Å². The number of aromatic hydroxyl groups is 2. The molecule has 3 rings (SSSR count). The second-order valence-electron chi connectivity index (χ2n) is 3.88. The zero-order valence-electron chi connectivity index (χ0n) is 8.36. The average Bonchev–Trinajstić information content (AvgIpc) is 2.25. The predicted octanol–water partition coefficient (Wildman–Crippen LogP) is 1.15. The molecule has 1 aliphatic rings. The molecule has 0 amide bonds. The molecule has 0 aliphatic heterocycles. The molecule has 0 fully saturated rings. The second-order valence-corrected chi connectivity index (χ2v) is 3.88. The molecule has 0 atom stereocenters. The van der Waals surface area contributed by atoms with Crippen molar-refractivity contribution in [2.75, 3.05) is 11.5 Å². The normalized spacial score (nSPS) is 11.5. The van der Waals surface area contributed by atoms with Crippen molar-refractivity contribution in [2.24, 2.45) is 0 Å². The molecule has 2 aromatic rings. The monoisotopic (exact) mass is 214 g/mol. The Bertz CT molecular complexity index is 797. The lowest BCUT2D eigenvalue weighted by molar-refractivity contribution is 0.471. The summed E-state index contributed by atoms with van der Waals surface area (Å²) in [7, 11) is 0. The maximum absolute atomic E-state index is 9.82. The molecule has 4 heteroatoms. The number of anilines is 2. The number of benzene rings is 2. The van der Waals surface area contributed by atoms with E-state index in [1.165, 1.54) is 0 Å². The first-order chi connectivity index (χ1) is 7.59. The van der Waals surface area contributed by atoms with Gasteiger partial charge in [0.25, 0.3) is 0 Å². The third-order valence-corrected chi connectivity index (χ3v) is 2.94. The first-order valence-corrected chi connectivity index (χ1v) is 4.84. The third-order valence-electron chi connectivity index (χ3n) is 2.94. The van der Waals surface area contributed by atoms with Crippen molar-refractivity contribution < 1.29 is 10.2 Å². The van der Waals surface area contributed by atoms with Gasteiger partial charge in [-0.05, 0) is 33.9 Å². The molecular weight excluding hydrogens is 204 g/mol. The summed E-state index contributed by atoms with van der Waals surface area (Å²) in [6.45, 7) is 0. The summed E-state index contributed by atoms with van der Waals surface area (Å²) in [6, 6.07) is 6.71. The zero-order valence-corrected chi connectivity index (χ0v) is 8.36. The largest absolute Gasteiger partial charge is 0.506 e. The third kappa shape index (κ3) is 0.883. The van der Waals surface area contributed by atoms with Crippen LogP contribution in [0.2, 0.25) is 0 Å². The number of nitrogens with two attached hydrogens (primary N) is 2. The number of hydrogen-bond donors (Lipinski definition) is 4. The van der Waals surface area contributed by atoms with Gasteiger partial charge in [0.15, 0.2) is 0 Å². The van der Waals surface area contributed by atoms with Gasteiger partial charge in [0.1, 0.15) is 11.5 Å². The van der Waals surface area contributed by atoms with Crippen LogP contribution in [0.4, 0.5) is 11.4 Å². The minimum atomic E-state index is 0.0562. The number of hydrogen-bond acceptors (Lipinski definition) is 4. The van der Waals surface area contributed by atoms with E-state index in [2.05, 4.69) is 0 Å². The maximum Gasteiger partial charge on any atom is 0.146 e. The van der Waals surface area contributed by atoms with Gasteiger partial charge in [-0.25, -0.2) is 0 Å². The fourth-order valence-corrected chi connectivity index (χ4v) is 2.08. The Morgan fingerprint density at radius 1 is 0.812 bits per heavy atom. The number of phenols is 2. The van der Waals surface area contributed by atoms with Crippen LogP contribution in [0.25, 0.3) is 0 Å². The van der Waals surface area contributed by atoms with E-state index in [-0.39, 0.29) is 11.5 Å². The van der Waals surface area contributed by atoms with Crippen LogP contribution in [0.1, 0.15) is 0 Å². The van der Waals surface area contributed by atoms with E-state index < -0.39 is 0 Å². The minimum Gasteiger partial charge on any atom is -0.506 e. The lowest BCUT2D eigenvalue weighted by Gasteiger charge is -2.09. The van der Waals surface area contributed by atoms with Gasteiger partial charge in [0.05, 0.1) is 11.4 Å². The van der Waals surface area contributed by atoms with Crippen LogP contribution in [0.5, 0.6) is 11.5 Å². The molecule has 1 aliphatic carbocycles. The molecule has 0 unspecified atom stereocenters. The summed E-state index contributed by atoms with van der Waals surface area (Å²) >= 11 is 0. The van der Waals surface area contributed by atoms with Gasteiger partial charge in [-0.2, -0.15) is 0 Å². The van der Waals surface area contributed by atoms with Gasteiger partial charge in [0, 0.05) is 5.22 Å². The molecule has 4 nitrogen and oxygen atoms in total. The standard InChI is InChI=1S/C12H10N2O2/c13-8-2-1-5-6-4-10(15)9(14)3-7(6)11(5)12(8)16/h1-4,15-16H,13-14H2. The molecule has 0 radical (unpaired) electrons. The first-order valence-electron chi connectivity index (χ1n) is 4.84. The van der Waals surface area contributed by atoms with Gasteiger partial charge in [-0.15, -0.1) is 0 Å². The summed E-state index contributed by atoms with van der Waals surface area (Å²) in [4.78, 5) is 0. The van der Waals surface area contributed by atoms with Crippen LogP contribution < -0.4 is 11.5 Å². The molecule has 80 valence electrons. The minimum absolute atomic E-state index is 0.0562. The van der Waals surface area contributed by atoms with Crippen molar-refractivity contribution in [1.29, 1.82) is 0 Å².